The highest BCUT2D eigenvalue weighted by Crippen LogP contribution is 2.21. The standard InChI is InChI=1S/C13H24N4O/c1-9-6-11(17-12(14-5)16-9)15-8-10(18)7-13(2,3)4/h6,10,18H,7-8H2,1-5H3,(H2,14,15,16,17). The number of aromatic nitrogens is 2. The van der Waals surface area contributed by atoms with Gasteiger partial charge in [-0.1, -0.05) is 20.8 Å². The maximum atomic E-state index is 9.92. The van der Waals surface area contributed by atoms with Crippen molar-refractivity contribution in [3.63, 3.8) is 0 Å². The SMILES string of the molecule is CNc1nc(C)cc(NCC(O)CC(C)(C)C)n1. The molecular weight excluding hydrogens is 228 g/mol. The Labute approximate surface area is 109 Å². The fraction of sp³-hybridized carbons (Fsp3) is 0.692. The largest absolute Gasteiger partial charge is 0.391 e. The minimum absolute atomic E-state index is 0.124. The third-order valence-electron chi connectivity index (χ3n) is 2.44. The summed E-state index contributed by atoms with van der Waals surface area (Å²) in [6, 6.07) is 1.87. The van der Waals surface area contributed by atoms with Crippen LogP contribution in [0.25, 0.3) is 0 Å². The van der Waals surface area contributed by atoms with Crippen molar-refractivity contribution >= 4 is 11.8 Å². The first-order valence-corrected chi connectivity index (χ1v) is 6.25. The molecule has 0 radical (unpaired) electrons. The molecule has 0 aliphatic carbocycles. The molecule has 1 heterocycles. The highest BCUT2D eigenvalue weighted by Gasteiger charge is 2.16. The maximum Gasteiger partial charge on any atom is 0.224 e. The lowest BCUT2D eigenvalue weighted by Crippen LogP contribution is -2.25. The van der Waals surface area contributed by atoms with Crippen LogP contribution in [-0.2, 0) is 0 Å². The number of hydrogen-bond donors (Lipinski definition) is 3. The summed E-state index contributed by atoms with van der Waals surface area (Å²) in [6.07, 6.45) is 0.376. The average Bonchev–Trinajstić information content (AvgIpc) is 2.23. The Morgan fingerprint density at radius 2 is 2.00 bits per heavy atom. The van der Waals surface area contributed by atoms with Crippen molar-refractivity contribution in [3.05, 3.63) is 11.8 Å². The van der Waals surface area contributed by atoms with E-state index in [0.717, 1.165) is 17.9 Å². The van der Waals surface area contributed by atoms with Crippen molar-refractivity contribution in [2.45, 2.75) is 40.2 Å². The Hall–Kier alpha value is -1.36. The number of hydrogen-bond acceptors (Lipinski definition) is 5. The zero-order valence-electron chi connectivity index (χ0n) is 11.9. The van der Waals surface area contributed by atoms with Crippen LogP contribution < -0.4 is 10.6 Å². The number of nitrogens with one attached hydrogen (secondary N) is 2. The molecule has 0 aromatic carbocycles. The first-order valence-electron chi connectivity index (χ1n) is 6.25. The van der Waals surface area contributed by atoms with E-state index in [2.05, 4.69) is 41.4 Å². The van der Waals surface area contributed by atoms with E-state index < -0.39 is 0 Å². The van der Waals surface area contributed by atoms with E-state index in [9.17, 15) is 5.11 Å². The van der Waals surface area contributed by atoms with E-state index in [1.807, 2.05) is 13.0 Å². The van der Waals surface area contributed by atoms with E-state index in [-0.39, 0.29) is 11.5 Å². The summed E-state index contributed by atoms with van der Waals surface area (Å²) < 4.78 is 0. The lowest BCUT2D eigenvalue weighted by Gasteiger charge is -2.22. The van der Waals surface area contributed by atoms with E-state index in [4.69, 9.17) is 0 Å². The number of rotatable bonds is 5. The van der Waals surface area contributed by atoms with Crippen LogP contribution in [-0.4, -0.2) is 34.8 Å². The molecule has 0 amide bonds. The summed E-state index contributed by atoms with van der Waals surface area (Å²) >= 11 is 0. The molecule has 1 atom stereocenters. The molecule has 0 aliphatic heterocycles. The quantitative estimate of drug-likeness (QED) is 0.748. The van der Waals surface area contributed by atoms with Gasteiger partial charge >= 0.3 is 0 Å². The summed E-state index contributed by atoms with van der Waals surface area (Å²) in [7, 11) is 1.78. The molecule has 1 aromatic heterocycles. The van der Waals surface area contributed by atoms with Gasteiger partial charge in [0.15, 0.2) is 0 Å². The second kappa shape index (κ2) is 6.00. The van der Waals surface area contributed by atoms with Gasteiger partial charge in [-0.05, 0) is 18.8 Å². The number of aryl methyl sites for hydroxylation is 1. The molecule has 5 nitrogen and oxygen atoms in total. The summed E-state index contributed by atoms with van der Waals surface area (Å²) in [5.41, 5.74) is 1.01. The smallest absolute Gasteiger partial charge is 0.224 e. The number of nitrogens with zero attached hydrogens (tertiary/aromatic N) is 2. The van der Waals surface area contributed by atoms with Gasteiger partial charge in [0.25, 0.3) is 0 Å². The Bertz CT molecular complexity index is 387. The molecule has 5 heteroatoms. The molecule has 3 N–H and O–H groups in total. The van der Waals surface area contributed by atoms with E-state index in [1.54, 1.807) is 7.05 Å². The van der Waals surface area contributed by atoms with Crippen molar-refractivity contribution in [1.29, 1.82) is 0 Å². The topological polar surface area (TPSA) is 70.1 Å². The zero-order chi connectivity index (χ0) is 13.8. The molecule has 0 spiro atoms. The minimum Gasteiger partial charge on any atom is -0.391 e. The first kappa shape index (κ1) is 14.7. The molecule has 0 saturated heterocycles. The maximum absolute atomic E-state index is 9.92. The average molecular weight is 252 g/mol. The second-order valence-corrected chi connectivity index (χ2v) is 5.77. The van der Waals surface area contributed by atoms with Gasteiger partial charge < -0.3 is 15.7 Å². The number of aliphatic hydroxyl groups excluding tert-OH is 1. The lowest BCUT2D eigenvalue weighted by atomic mass is 9.89. The molecular formula is C13H24N4O. The molecule has 1 aromatic rings. The van der Waals surface area contributed by atoms with Gasteiger partial charge in [-0.2, -0.15) is 4.98 Å². The van der Waals surface area contributed by atoms with Crippen molar-refractivity contribution < 1.29 is 5.11 Å². The van der Waals surface area contributed by atoms with Crippen molar-refractivity contribution in [2.24, 2.45) is 5.41 Å². The Morgan fingerprint density at radius 3 is 2.56 bits per heavy atom. The second-order valence-electron chi connectivity index (χ2n) is 5.77. The Balaban J connectivity index is 2.55. The van der Waals surface area contributed by atoms with Gasteiger partial charge in [-0.25, -0.2) is 4.98 Å². The summed E-state index contributed by atoms with van der Waals surface area (Å²) in [5.74, 6) is 1.32. The fourth-order valence-electron chi connectivity index (χ4n) is 1.77. The Kier molecular flexibility index (Phi) is 4.90. The first-order chi connectivity index (χ1) is 8.30. The predicted molar refractivity (Wildman–Crippen MR) is 74.9 cm³/mol. The van der Waals surface area contributed by atoms with Crippen LogP contribution in [0, 0.1) is 12.3 Å². The summed E-state index contributed by atoms with van der Waals surface area (Å²) in [4.78, 5) is 8.49. The van der Waals surface area contributed by atoms with Crippen LogP contribution in [0.3, 0.4) is 0 Å². The van der Waals surface area contributed by atoms with Crippen LogP contribution in [0.15, 0.2) is 6.07 Å². The van der Waals surface area contributed by atoms with E-state index in [1.165, 1.54) is 0 Å². The predicted octanol–water partition coefficient (Wildman–Crippen LogP) is 2.04. The van der Waals surface area contributed by atoms with Crippen molar-refractivity contribution in [1.82, 2.24) is 9.97 Å². The van der Waals surface area contributed by atoms with Crippen LogP contribution in [0.4, 0.5) is 11.8 Å². The lowest BCUT2D eigenvalue weighted by molar-refractivity contribution is 0.132. The molecule has 1 rings (SSSR count). The molecule has 0 saturated carbocycles. The highest BCUT2D eigenvalue weighted by atomic mass is 16.3. The van der Waals surface area contributed by atoms with E-state index >= 15 is 0 Å². The van der Waals surface area contributed by atoms with Crippen molar-refractivity contribution in [2.75, 3.05) is 24.2 Å². The van der Waals surface area contributed by atoms with Gasteiger partial charge in [-0.3, -0.25) is 0 Å². The fourth-order valence-corrected chi connectivity index (χ4v) is 1.77. The van der Waals surface area contributed by atoms with Gasteiger partial charge in [0, 0.05) is 25.4 Å². The summed E-state index contributed by atoms with van der Waals surface area (Å²) in [6.45, 7) is 8.76. The molecule has 102 valence electrons. The number of aliphatic hydroxyl groups is 1. The van der Waals surface area contributed by atoms with Crippen LogP contribution in [0.5, 0.6) is 0 Å². The molecule has 0 bridgehead atoms. The number of anilines is 2. The third-order valence-corrected chi connectivity index (χ3v) is 2.44. The molecule has 0 aliphatic rings. The molecule has 18 heavy (non-hydrogen) atoms. The van der Waals surface area contributed by atoms with E-state index in [0.29, 0.717) is 12.5 Å². The van der Waals surface area contributed by atoms with Crippen LogP contribution in [0.1, 0.15) is 32.9 Å². The third kappa shape index (κ3) is 5.31. The van der Waals surface area contributed by atoms with Gasteiger partial charge in [0.1, 0.15) is 5.82 Å². The highest BCUT2D eigenvalue weighted by molar-refractivity contribution is 5.41. The minimum atomic E-state index is -0.377. The molecule has 1 unspecified atom stereocenters. The van der Waals surface area contributed by atoms with Crippen molar-refractivity contribution in [3.8, 4) is 0 Å². The van der Waals surface area contributed by atoms with Gasteiger partial charge in [0.2, 0.25) is 5.95 Å². The summed E-state index contributed by atoms with van der Waals surface area (Å²) in [5, 5.41) is 16.0. The normalized spacial score (nSPS) is 13.2. The van der Waals surface area contributed by atoms with Crippen LogP contribution >= 0.6 is 0 Å². The van der Waals surface area contributed by atoms with Crippen LogP contribution in [0.2, 0.25) is 0 Å². The Morgan fingerprint density at radius 1 is 1.33 bits per heavy atom. The zero-order valence-corrected chi connectivity index (χ0v) is 11.9. The van der Waals surface area contributed by atoms with Gasteiger partial charge in [-0.15, -0.1) is 0 Å². The van der Waals surface area contributed by atoms with Gasteiger partial charge in [0.05, 0.1) is 6.10 Å². The monoisotopic (exact) mass is 252 g/mol. The molecule has 0 fully saturated rings.